The third-order valence-electron chi connectivity index (χ3n) is 3.73. The lowest BCUT2D eigenvalue weighted by atomic mass is 9.97. The van der Waals surface area contributed by atoms with Gasteiger partial charge in [-0.1, -0.05) is 36.4 Å². The fourth-order valence-electron chi connectivity index (χ4n) is 2.61. The van der Waals surface area contributed by atoms with Gasteiger partial charge in [-0.05, 0) is 23.3 Å². The molecule has 2 aromatic carbocycles. The van der Waals surface area contributed by atoms with Crippen molar-refractivity contribution in [1.82, 2.24) is 10.2 Å². The zero-order chi connectivity index (χ0) is 17.1. The zero-order valence-corrected chi connectivity index (χ0v) is 13.3. The van der Waals surface area contributed by atoms with Crippen LogP contribution in [-0.4, -0.2) is 24.4 Å². The summed E-state index contributed by atoms with van der Waals surface area (Å²) in [5.41, 5.74) is 1.07. The van der Waals surface area contributed by atoms with Gasteiger partial charge >= 0.3 is 0 Å². The van der Waals surface area contributed by atoms with Crippen LogP contribution in [0, 0.1) is 0 Å². The number of aromatic amines is 2. The summed E-state index contributed by atoms with van der Waals surface area (Å²) in [5, 5.41) is 4.76. The fourth-order valence-corrected chi connectivity index (χ4v) is 2.61. The predicted octanol–water partition coefficient (Wildman–Crippen LogP) is 2.41. The van der Waals surface area contributed by atoms with Crippen molar-refractivity contribution >= 4 is 0 Å². The van der Waals surface area contributed by atoms with Gasteiger partial charge in [0.25, 0.3) is 11.1 Å². The quantitative estimate of drug-likeness (QED) is 0.772. The van der Waals surface area contributed by atoms with E-state index >= 15 is 0 Å². The van der Waals surface area contributed by atoms with Crippen molar-refractivity contribution in [1.29, 1.82) is 0 Å². The number of H-pyrrole nitrogens is 2. The molecule has 3 rings (SSSR count). The summed E-state index contributed by atoms with van der Waals surface area (Å²) in [5.74, 6) is 1.03. The molecule has 0 atom stereocenters. The molecule has 0 radical (unpaired) electrons. The minimum atomic E-state index is -0.388. The van der Waals surface area contributed by atoms with E-state index in [0.717, 1.165) is 0 Å². The Hall–Kier alpha value is -3.28. The molecule has 24 heavy (non-hydrogen) atoms. The maximum absolute atomic E-state index is 12.4. The third kappa shape index (κ3) is 2.69. The molecule has 6 nitrogen and oxygen atoms in total. The van der Waals surface area contributed by atoms with Gasteiger partial charge in [0.2, 0.25) is 0 Å². The van der Waals surface area contributed by atoms with Crippen LogP contribution in [0.2, 0.25) is 0 Å². The molecule has 0 spiro atoms. The number of nitrogens with one attached hydrogen (secondary N) is 2. The summed E-state index contributed by atoms with van der Waals surface area (Å²) in [7, 11) is 3.05. The summed E-state index contributed by atoms with van der Waals surface area (Å²) in [4.78, 5) is 24.8. The van der Waals surface area contributed by atoms with E-state index < -0.39 is 0 Å². The second kappa shape index (κ2) is 6.45. The second-order valence-corrected chi connectivity index (χ2v) is 5.09. The summed E-state index contributed by atoms with van der Waals surface area (Å²) < 4.78 is 10.5. The van der Waals surface area contributed by atoms with Gasteiger partial charge in [-0.15, -0.1) is 0 Å². The molecule has 0 aliphatic rings. The van der Waals surface area contributed by atoms with E-state index in [1.807, 2.05) is 18.2 Å². The van der Waals surface area contributed by atoms with Crippen molar-refractivity contribution < 1.29 is 9.47 Å². The summed E-state index contributed by atoms with van der Waals surface area (Å²) in [6.07, 6.45) is 0. The first-order chi connectivity index (χ1) is 11.7. The van der Waals surface area contributed by atoms with Crippen molar-refractivity contribution in [2.75, 3.05) is 14.2 Å². The molecule has 3 aromatic rings. The van der Waals surface area contributed by atoms with Gasteiger partial charge in [-0.2, -0.15) is 0 Å². The standard InChI is InChI=1S/C18H16N2O4/c1-23-13-9-8-12(10-14(13)24-2)16-15(11-6-4-3-5-7-11)17(21)19-20-18(16)22/h3-10H,1-2H3,(H,19,21)(H,20,22). The van der Waals surface area contributed by atoms with E-state index in [9.17, 15) is 9.59 Å². The number of aromatic nitrogens is 2. The van der Waals surface area contributed by atoms with E-state index in [2.05, 4.69) is 10.2 Å². The lowest BCUT2D eigenvalue weighted by Crippen LogP contribution is -2.23. The van der Waals surface area contributed by atoms with E-state index in [-0.39, 0.29) is 16.7 Å². The number of hydrogen-bond acceptors (Lipinski definition) is 4. The zero-order valence-electron chi connectivity index (χ0n) is 13.3. The molecule has 122 valence electrons. The van der Waals surface area contributed by atoms with Crippen LogP contribution < -0.4 is 20.6 Å². The molecule has 0 aliphatic carbocycles. The molecule has 0 bridgehead atoms. The van der Waals surface area contributed by atoms with Crippen LogP contribution in [-0.2, 0) is 0 Å². The highest BCUT2D eigenvalue weighted by Gasteiger charge is 2.17. The Kier molecular flexibility index (Phi) is 4.20. The lowest BCUT2D eigenvalue weighted by molar-refractivity contribution is 0.355. The Labute approximate surface area is 137 Å². The Balaban J connectivity index is 2.31. The smallest absolute Gasteiger partial charge is 0.271 e. The highest BCUT2D eigenvalue weighted by Crippen LogP contribution is 2.33. The molecular formula is C18H16N2O4. The molecule has 1 heterocycles. The first-order valence-corrected chi connectivity index (χ1v) is 7.28. The summed E-state index contributed by atoms with van der Waals surface area (Å²) in [6.45, 7) is 0. The third-order valence-corrected chi connectivity index (χ3v) is 3.73. The molecular weight excluding hydrogens is 308 g/mol. The number of rotatable bonds is 4. The van der Waals surface area contributed by atoms with Gasteiger partial charge in [0.1, 0.15) is 0 Å². The van der Waals surface area contributed by atoms with E-state index in [1.54, 1.807) is 30.3 Å². The minimum Gasteiger partial charge on any atom is -0.493 e. The normalized spacial score (nSPS) is 10.4. The van der Waals surface area contributed by atoms with Crippen LogP contribution in [0.3, 0.4) is 0 Å². The van der Waals surface area contributed by atoms with Gasteiger partial charge in [0.05, 0.1) is 25.3 Å². The number of benzene rings is 2. The van der Waals surface area contributed by atoms with Gasteiger partial charge < -0.3 is 9.47 Å². The molecule has 0 unspecified atom stereocenters. The van der Waals surface area contributed by atoms with Crippen LogP contribution >= 0.6 is 0 Å². The Morgan fingerprint density at radius 1 is 0.708 bits per heavy atom. The van der Waals surface area contributed by atoms with Gasteiger partial charge in [0.15, 0.2) is 11.5 Å². The second-order valence-electron chi connectivity index (χ2n) is 5.09. The van der Waals surface area contributed by atoms with Crippen molar-refractivity contribution in [3.8, 4) is 33.8 Å². The van der Waals surface area contributed by atoms with Crippen LogP contribution in [0.5, 0.6) is 11.5 Å². The SMILES string of the molecule is COc1ccc(-c2c(-c3ccccc3)c(=O)[nH][nH]c2=O)cc1OC. The Morgan fingerprint density at radius 2 is 1.29 bits per heavy atom. The maximum Gasteiger partial charge on any atom is 0.271 e. The summed E-state index contributed by atoms with van der Waals surface area (Å²) >= 11 is 0. The largest absolute Gasteiger partial charge is 0.493 e. The Morgan fingerprint density at radius 3 is 1.88 bits per heavy atom. The molecule has 0 aliphatic heterocycles. The minimum absolute atomic E-state index is 0.283. The first-order valence-electron chi connectivity index (χ1n) is 7.28. The van der Waals surface area contributed by atoms with Gasteiger partial charge in [-0.3, -0.25) is 19.8 Å². The number of methoxy groups -OCH3 is 2. The van der Waals surface area contributed by atoms with E-state index in [4.69, 9.17) is 9.47 Å². The van der Waals surface area contributed by atoms with Crippen LogP contribution in [0.15, 0.2) is 58.1 Å². The predicted molar refractivity (Wildman–Crippen MR) is 91.7 cm³/mol. The molecule has 1 aromatic heterocycles. The van der Waals surface area contributed by atoms with Crippen LogP contribution in [0.4, 0.5) is 0 Å². The van der Waals surface area contributed by atoms with E-state index in [0.29, 0.717) is 28.2 Å². The highest BCUT2D eigenvalue weighted by atomic mass is 16.5. The average molecular weight is 324 g/mol. The monoisotopic (exact) mass is 324 g/mol. The molecule has 0 amide bonds. The van der Waals surface area contributed by atoms with Crippen molar-refractivity contribution in [3.63, 3.8) is 0 Å². The Bertz CT molecular complexity index is 974. The number of ether oxygens (including phenoxy) is 2. The van der Waals surface area contributed by atoms with Crippen LogP contribution in [0.1, 0.15) is 0 Å². The fraction of sp³-hybridized carbons (Fsp3) is 0.111. The molecule has 6 heteroatoms. The van der Waals surface area contributed by atoms with Crippen LogP contribution in [0.25, 0.3) is 22.3 Å². The molecule has 2 N–H and O–H groups in total. The number of hydrogen-bond donors (Lipinski definition) is 2. The molecule has 0 saturated heterocycles. The van der Waals surface area contributed by atoms with Crippen molar-refractivity contribution in [2.24, 2.45) is 0 Å². The highest BCUT2D eigenvalue weighted by molar-refractivity contribution is 5.82. The van der Waals surface area contributed by atoms with Crippen molar-refractivity contribution in [2.45, 2.75) is 0 Å². The maximum atomic E-state index is 12.4. The molecule has 0 saturated carbocycles. The topological polar surface area (TPSA) is 84.2 Å². The van der Waals surface area contributed by atoms with Gasteiger partial charge in [0, 0.05) is 0 Å². The first kappa shape index (κ1) is 15.6. The van der Waals surface area contributed by atoms with Gasteiger partial charge in [-0.25, -0.2) is 0 Å². The lowest BCUT2D eigenvalue weighted by Gasteiger charge is -2.11. The average Bonchev–Trinajstić information content (AvgIpc) is 2.63. The van der Waals surface area contributed by atoms with E-state index in [1.165, 1.54) is 14.2 Å². The summed E-state index contributed by atoms with van der Waals surface area (Å²) in [6, 6.07) is 14.1. The molecule has 0 fully saturated rings. The van der Waals surface area contributed by atoms with Crippen molar-refractivity contribution in [3.05, 3.63) is 69.2 Å².